The van der Waals surface area contributed by atoms with Gasteiger partial charge in [0.25, 0.3) is 0 Å². The van der Waals surface area contributed by atoms with Crippen molar-refractivity contribution in [2.45, 2.75) is 0 Å². The zero-order valence-electron chi connectivity index (χ0n) is 15.6. The van der Waals surface area contributed by atoms with Gasteiger partial charge in [-0.25, -0.2) is 0 Å². The molecule has 0 unspecified atom stereocenters. The summed E-state index contributed by atoms with van der Waals surface area (Å²) in [5, 5.41) is 11.0. The third-order valence-corrected chi connectivity index (χ3v) is 4.65. The fraction of sp³-hybridized carbons (Fsp3) is 0.136. The first kappa shape index (κ1) is 17.7. The second-order valence-electron chi connectivity index (χ2n) is 6.24. The number of hydrogen-bond donors (Lipinski definition) is 1. The van der Waals surface area contributed by atoms with Gasteiger partial charge in [-0.3, -0.25) is 4.79 Å². The molecule has 0 saturated heterocycles. The summed E-state index contributed by atoms with van der Waals surface area (Å²) in [7, 11) is 4.64. The van der Waals surface area contributed by atoms with E-state index in [9.17, 15) is 9.90 Å². The summed E-state index contributed by atoms with van der Waals surface area (Å²) in [6.07, 6.45) is 0. The minimum atomic E-state index is -0.317. The maximum atomic E-state index is 12.9. The van der Waals surface area contributed by atoms with Crippen molar-refractivity contribution in [1.82, 2.24) is 0 Å². The fourth-order valence-electron chi connectivity index (χ4n) is 3.26. The number of fused-ring (bicyclic) bond motifs is 2. The average Bonchev–Trinajstić information content (AvgIpc) is 2.72. The highest BCUT2D eigenvalue weighted by Crippen LogP contribution is 2.36. The van der Waals surface area contributed by atoms with Gasteiger partial charge >= 0.3 is 0 Å². The van der Waals surface area contributed by atoms with Crippen LogP contribution in [0.15, 0.2) is 57.7 Å². The zero-order valence-corrected chi connectivity index (χ0v) is 15.6. The van der Waals surface area contributed by atoms with Crippen LogP contribution in [0.25, 0.3) is 33.1 Å². The van der Waals surface area contributed by atoms with E-state index in [1.165, 1.54) is 13.2 Å². The third kappa shape index (κ3) is 2.79. The molecule has 0 aliphatic rings. The van der Waals surface area contributed by atoms with Gasteiger partial charge < -0.3 is 23.7 Å². The van der Waals surface area contributed by atoms with Gasteiger partial charge in [-0.1, -0.05) is 6.07 Å². The van der Waals surface area contributed by atoms with Gasteiger partial charge in [0, 0.05) is 6.07 Å². The molecule has 0 saturated carbocycles. The molecular formula is C22H18O6. The Bertz CT molecular complexity index is 1230. The van der Waals surface area contributed by atoms with Crippen molar-refractivity contribution in [3.8, 4) is 34.1 Å². The molecule has 0 bridgehead atoms. The molecule has 6 nitrogen and oxygen atoms in total. The quantitative estimate of drug-likeness (QED) is 0.532. The van der Waals surface area contributed by atoms with Crippen molar-refractivity contribution >= 4 is 21.9 Å². The lowest BCUT2D eigenvalue weighted by molar-refractivity contribution is 0.394. The van der Waals surface area contributed by atoms with Gasteiger partial charge in [0.15, 0.2) is 11.3 Å². The van der Waals surface area contributed by atoms with Crippen molar-refractivity contribution in [1.29, 1.82) is 0 Å². The summed E-state index contributed by atoms with van der Waals surface area (Å²) in [5.41, 5.74) is 1.68. The molecule has 0 aliphatic carbocycles. The molecule has 0 amide bonds. The van der Waals surface area contributed by atoms with E-state index in [0.717, 1.165) is 5.56 Å². The van der Waals surface area contributed by atoms with E-state index in [1.54, 1.807) is 44.6 Å². The van der Waals surface area contributed by atoms with Crippen molar-refractivity contribution in [3.05, 3.63) is 58.8 Å². The summed E-state index contributed by atoms with van der Waals surface area (Å²) in [6.45, 7) is 0. The number of ether oxygens (including phenoxy) is 3. The highest BCUT2D eigenvalue weighted by molar-refractivity contribution is 5.97. The lowest BCUT2D eigenvalue weighted by Gasteiger charge is -2.11. The molecule has 28 heavy (non-hydrogen) atoms. The van der Waals surface area contributed by atoms with E-state index in [-0.39, 0.29) is 22.1 Å². The number of aromatic hydroxyl groups is 1. The number of para-hydroxylation sites is 1. The molecule has 0 radical (unpaired) electrons. The first-order chi connectivity index (χ1) is 13.5. The van der Waals surface area contributed by atoms with E-state index < -0.39 is 0 Å². The van der Waals surface area contributed by atoms with Gasteiger partial charge in [-0.2, -0.15) is 0 Å². The van der Waals surface area contributed by atoms with Crippen LogP contribution < -0.4 is 19.6 Å². The standard InChI is InChI=1S/C22H18O6/c1-25-14-7-12(8-15(11-14)26-2)13-9-17(23)20-19(10-13)28-22-16(21(20)24)5-4-6-18(22)27-3/h4-11,23H,1-3H3. The summed E-state index contributed by atoms with van der Waals surface area (Å²) in [6, 6.07) is 13.7. The van der Waals surface area contributed by atoms with E-state index in [0.29, 0.717) is 33.8 Å². The van der Waals surface area contributed by atoms with Crippen LogP contribution in [0, 0.1) is 0 Å². The predicted octanol–water partition coefficient (Wildman–Crippen LogP) is 4.34. The van der Waals surface area contributed by atoms with Crippen LogP contribution in [0.3, 0.4) is 0 Å². The van der Waals surface area contributed by atoms with E-state index in [1.807, 2.05) is 12.1 Å². The van der Waals surface area contributed by atoms with E-state index in [4.69, 9.17) is 18.6 Å². The molecule has 142 valence electrons. The van der Waals surface area contributed by atoms with E-state index >= 15 is 0 Å². The van der Waals surface area contributed by atoms with Gasteiger partial charge in [0.05, 0.1) is 26.7 Å². The Kier molecular flexibility index (Phi) is 4.31. The first-order valence-electron chi connectivity index (χ1n) is 8.55. The highest BCUT2D eigenvalue weighted by Gasteiger charge is 2.16. The molecule has 3 aromatic carbocycles. The smallest absolute Gasteiger partial charge is 0.204 e. The lowest BCUT2D eigenvalue weighted by Crippen LogP contribution is -2.03. The molecule has 0 fully saturated rings. The van der Waals surface area contributed by atoms with Crippen LogP contribution >= 0.6 is 0 Å². The number of benzene rings is 3. The second-order valence-corrected chi connectivity index (χ2v) is 6.24. The Morgan fingerprint density at radius 1 is 0.857 bits per heavy atom. The van der Waals surface area contributed by atoms with Crippen LogP contribution in [0.2, 0.25) is 0 Å². The van der Waals surface area contributed by atoms with Crippen LogP contribution in [-0.4, -0.2) is 26.4 Å². The molecule has 4 rings (SSSR count). The Hall–Kier alpha value is -3.67. The maximum Gasteiger partial charge on any atom is 0.204 e. The van der Waals surface area contributed by atoms with Crippen LogP contribution in [0.4, 0.5) is 0 Å². The van der Waals surface area contributed by atoms with Gasteiger partial charge in [0.1, 0.15) is 28.2 Å². The molecule has 1 aromatic heterocycles. The fourth-order valence-corrected chi connectivity index (χ4v) is 3.26. The van der Waals surface area contributed by atoms with Crippen molar-refractivity contribution in [3.63, 3.8) is 0 Å². The number of phenolic OH excluding ortho intramolecular Hbond substituents is 1. The Morgan fingerprint density at radius 3 is 2.18 bits per heavy atom. The molecule has 1 N–H and O–H groups in total. The Labute approximate surface area is 160 Å². The number of hydrogen-bond acceptors (Lipinski definition) is 6. The average molecular weight is 378 g/mol. The highest BCUT2D eigenvalue weighted by atomic mass is 16.5. The van der Waals surface area contributed by atoms with Gasteiger partial charge in [0.2, 0.25) is 5.43 Å². The minimum Gasteiger partial charge on any atom is -0.507 e. The molecule has 4 aromatic rings. The monoisotopic (exact) mass is 378 g/mol. The summed E-state index contributed by atoms with van der Waals surface area (Å²) in [4.78, 5) is 12.9. The van der Waals surface area contributed by atoms with Crippen molar-refractivity contribution in [2.75, 3.05) is 21.3 Å². The lowest BCUT2D eigenvalue weighted by atomic mass is 10.0. The Balaban J connectivity index is 2.03. The SMILES string of the molecule is COc1cc(OC)cc(-c2cc(O)c3c(=O)c4cccc(OC)c4oc3c2)c1. The molecule has 0 aliphatic heterocycles. The van der Waals surface area contributed by atoms with Crippen molar-refractivity contribution < 1.29 is 23.7 Å². The molecule has 1 heterocycles. The molecular weight excluding hydrogens is 360 g/mol. The largest absolute Gasteiger partial charge is 0.507 e. The van der Waals surface area contributed by atoms with Crippen LogP contribution in [-0.2, 0) is 0 Å². The zero-order chi connectivity index (χ0) is 19.8. The van der Waals surface area contributed by atoms with Gasteiger partial charge in [-0.15, -0.1) is 0 Å². The minimum absolute atomic E-state index is 0.124. The van der Waals surface area contributed by atoms with Crippen LogP contribution in [0.5, 0.6) is 23.0 Å². The Morgan fingerprint density at radius 2 is 1.54 bits per heavy atom. The predicted molar refractivity (Wildman–Crippen MR) is 107 cm³/mol. The van der Waals surface area contributed by atoms with E-state index in [2.05, 4.69) is 0 Å². The maximum absolute atomic E-state index is 12.9. The topological polar surface area (TPSA) is 78.1 Å². The first-order valence-corrected chi connectivity index (χ1v) is 8.55. The third-order valence-electron chi connectivity index (χ3n) is 4.65. The molecule has 0 spiro atoms. The summed E-state index contributed by atoms with van der Waals surface area (Å²) >= 11 is 0. The summed E-state index contributed by atoms with van der Waals surface area (Å²) < 4.78 is 21.9. The van der Waals surface area contributed by atoms with Gasteiger partial charge in [-0.05, 0) is 47.5 Å². The number of methoxy groups -OCH3 is 3. The summed E-state index contributed by atoms with van der Waals surface area (Å²) in [5.74, 6) is 1.50. The molecule has 6 heteroatoms. The second kappa shape index (κ2) is 6.81. The van der Waals surface area contributed by atoms with Crippen LogP contribution in [0.1, 0.15) is 0 Å². The normalized spacial score (nSPS) is 11.0. The number of phenols is 1. The number of rotatable bonds is 4. The molecule has 0 atom stereocenters. The van der Waals surface area contributed by atoms with Crippen molar-refractivity contribution in [2.24, 2.45) is 0 Å².